The molecule has 1 saturated heterocycles. The van der Waals surface area contributed by atoms with E-state index in [0.717, 1.165) is 0 Å². The zero-order valence-corrected chi connectivity index (χ0v) is 4.39. The number of hydrogen-bond acceptors (Lipinski definition) is 2. The highest BCUT2D eigenvalue weighted by Crippen LogP contribution is 2.09. The van der Waals surface area contributed by atoms with Gasteiger partial charge in [0.25, 0.3) is 0 Å². The molecule has 1 aliphatic rings. The summed E-state index contributed by atoms with van der Waals surface area (Å²) in [6.07, 6.45) is -1.02. The van der Waals surface area contributed by atoms with E-state index in [1.54, 1.807) is 0 Å². The van der Waals surface area contributed by atoms with Crippen LogP contribution in [0.3, 0.4) is 0 Å². The van der Waals surface area contributed by atoms with Crippen molar-refractivity contribution >= 4 is 5.78 Å². The second-order valence-corrected chi connectivity index (χ2v) is 1.77. The van der Waals surface area contributed by atoms with Crippen molar-refractivity contribution in [2.75, 3.05) is 6.61 Å². The molecule has 0 saturated carbocycles. The molecule has 1 fully saturated rings. The molecule has 1 unspecified atom stereocenters. The van der Waals surface area contributed by atoms with Gasteiger partial charge in [-0.25, -0.2) is 4.39 Å². The SMILES string of the molecule is O=C1CCOC(F)C1. The van der Waals surface area contributed by atoms with E-state index in [0.29, 0.717) is 6.42 Å². The molecule has 0 aromatic heterocycles. The fourth-order valence-corrected chi connectivity index (χ4v) is 0.641. The Balaban J connectivity index is 2.34. The molecule has 0 aromatic carbocycles. The summed E-state index contributed by atoms with van der Waals surface area (Å²) in [5, 5.41) is 0. The van der Waals surface area contributed by atoms with Crippen LogP contribution in [0.1, 0.15) is 12.8 Å². The highest BCUT2D eigenvalue weighted by molar-refractivity contribution is 5.79. The number of ketones is 1. The normalized spacial score (nSPS) is 30.6. The second-order valence-electron chi connectivity index (χ2n) is 1.77. The van der Waals surface area contributed by atoms with Crippen molar-refractivity contribution in [2.24, 2.45) is 0 Å². The number of hydrogen-bond donors (Lipinski definition) is 0. The standard InChI is InChI=1S/C5H7FO2/c6-5-3-4(7)1-2-8-5/h5H,1-3H2. The van der Waals surface area contributed by atoms with Crippen LogP contribution in [0.2, 0.25) is 0 Å². The van der Waals surface area contributed by atoms with Crippen LogP contribution in [0.25, 0.3) is 0 Å². The first-order valence-electron chi connectivity index (χ1n) is 2.56. The molecular formula is C5H7FO2. The lowest BCUT2D eigenvalue weighted by Gasteiger charge is -2.13. The monoisotopic (exact) mass is 118 g/mol. The summed E-state index contributed by atoms with van der Waals surface area (Å²) in [5.41, 5.74) is 0. The second kappa shape index (κ2) is 2.22. The summed E-state index contributed by atoms with van der Waals surface area (Å²) < 4.78 is 16.5. The van der Waals surface area contributed by atoms with E-state index in [1.807, 2.05) is 0 Å². The van der Waals surface area contributed by atoms with Gasteiger partial charge in [-0.05, 0) is 0 Å². The first-order chi connectivity index (χ1) is 3.79. The lowest BCUT2D eigenvalue weighted by molar-refractivity contribution is -0.137. The molecule has 1 aliphatic heterocycles. The minimum atomic E-state index is -1.34. The molecule has 0 spiro atoms. The van der Waals surface area contributed by atoms with E-state index in [4.69, 9.17) is 0 Å². The van der Waals surface area contributed by atoms with Gasteiger partial charge in [-0.3, -0.25) is 4.79 Å². The summed E-state index contributed by atoms with van der Waals surface area (Å²) in [5.74, 6) is -0.0382. The fourth-order valence-electron chi connectivity index (χ4n) is 0.641. The minimum absolute atomic E-state index is 0.0382. The summed E-state index contributed by atoms with van der Waals surface area (Å²) in [7, 11) is 0. The van der Waals surface area contributed by atoms with Crippen LogP contribution in [0.5, 0.6) is 0 Å². The molecule has 0 bridgehead atoms. The molecule has 46 valence electrons. The lowest BCUT2D eigenvalue weighted by atomic mass is 10.2. The van der Waals surface area contributed by atoms with Crippen molar-refractivity contribution < 1.29 is 13.9 Å². The maximum atomic E-state index is 12.0. The van der Waals surface area contributed by atoms with Crippen LogP contribution in [0.4, 0.5) is 4.39 Å². The van der Waals surface area contributed by atoms with Crippen molar-refractivity contribution in [1.29, 1.82) is 0 Å². The molecule has 1 rings (SSSR count). The molecule has 0 N–H and O–H groups in total. The van der Waals surface area contributed by atoms with Crippen LogP contribution in [0.15, 0.2) is 0 Å². The Morgan fingerprint density at radius 2 is 2.50 bits per heavy atom. The third-order valence-electron chi connectivity index (χ3n) is 1.07. The van der Waals surface area contributed by atoms with Gasteiger partial charge in [-0.15, -0.1) is 0 Å². The van der Waals surface area contributed by atoms with Crippen LogP contribution in [-0.4, -0.2) is 18.7 Å². The van der Waals surface area contributed by atoms with Crippen molar-refractivity contribution in [3.8, 4) is 0 Å². The molecular weight excluding hydrogens is 111 g/mol. The van der Waals surface area contributed by atoms with E-state index in [1.165, 1.54) is 0 Å². The number of carbonyl (C=O) groups excluding carboxylic acids is 1. The first-order valence-corrected chi connectivity index (χ1v) is 2.56. The maximum Gasteiger partial charge on any atom is 0.205 e. The Kier molecular flexibility index (Phi) is 1.58. The minimum Gasteiger partial charge on any atom is -0.347 e. The van der Waals surface area contributed by atoms with E-state index in [9.17, 15) is 9.18 Å². The third kappa shape index (κ3) is 1.26. The smallest absolute Gasteiger partial charge is 0.205 e. The van der Waals surface area contributed by atoms with E-state index >= 15 is 0 Å². The van der Waals surface area contributed by atoms with Crippen LogP contribution in [-0.2, 0) is 9.53 Å². The quantitative estimate of drug-likeness (QED) is 0.467. The lowest BCUT2D eigenvalue weighted by Crippen LogP contribution is -2.21. The Bertz CT molecular complexity index is 103. The Labute approximate surface area is 46.6 Å². The number of Topliss-reactive ketones (excluding diaryl/α,β-unsaturated/α-hetero) is 1. The molecule has 1 heterocycles. The fraction of sp³-hybridized carbons (Fsp3) is 0.800. The molecule has 8 heavy (non-hydrogen) atoms. The Morgan fingerprint density at radius 1 is 1.75 bits per heavy atom. The van der Waals surface area contributed by atoms with Gasteiger partial charge in [0.2, 0.25) is 6.36 Å². The topological polar surface area (TPSA) is 26.3 Å². The molecule has 0 aliphatic carbocycles. The van der Waals surface area contributed by atoms with Crippen LogP contribution >= 0.6 is 0 Å². The van der Waals surface area contributed by atoms with Crippen molar-refractivity contribution in [1.82, 2.24) is 0 Å². The van der Waals surface area contributed by atoms with Gasteiger partial charge in [0.1, 0.15) is 5.78 Å². The molecule has 0 aromatic rings. The first kappa shape index (κ1) is 5.69. The van der Waals surface area contributed by atoms with Crippen molar-refractivity contribution in [2.45, 2.75) is 19.2 Å². The van der Waals surface area contributed by atoms with Crippen molar-refractivity contribution in [3.63, 3.8) is 0 Å². The zero-order chi connectivity index (χ0) is 5.98. The average molecular weight is 118 g/mol. The summed E-state index contributed by atoms with van der Waals surface area (Å²) in [6, 6.07) is 0. The van der Waals surface area contributed by atoms with Crippen LogP contribution < -0.4 is 0 Å². The molecule has 0 radical (unpaired) electrons. The molecule has 2 nitrogen and oxygen atoms in total. The number of rotatable bonds is 0. The highest BCUT2D eigenvalue weighted by Gasteiger charge is 2.17. The van der Waals surface area contributed by atoms with Crippen molar-refractivity contribution in [3.05, 3.63) is 0 Å². The van der Waals surface area contributed by atoms with Gasteiger partial charge in [0.05, 0.1) is 13.0 Å². The maximum absolute atomic E-state index is 12.0. The van der Waals surface area contributed by atoms with E-state index in [2.05, 4.69) is 4.74 Å². The molecule has 3 heteroatoms. The number of alkyl halides is 1. The van der Waals surface area contributed by atoms with Gasteiger partial charge in [-0.2, -0.15) is 0 Å². The molecule has 0 amide bonds. The van der Waals surface area contributed by atoms with E-state index in [-0.39, 0.29) is 18.8 Å². The van der Waals surface area contributed by atoms with E-state index < -0.39 is 6.36 Å². The largest absolute Gasteiger partial charge is 0.347 e. The highest BCUT2D eigenvalue weighted by atomic mass is 19.1. The van der Waals surface area contributed by atoms with Gasteiger partial charge < -0.3 is 4.74 Å². The third-order valence-corrected chi connectivity index (χ3v) is 1.07. The molecule has 1 atom stereocenters. The predicted octanol–water partition coefficient (Wildman–Crippen LogP) is 0.661. The average Bonchev–Trinajstić information content (AvgIpc) is 1.64. The van der Waals surface area contributed by atoms with Gasteiger partial charge in [0, 0.05) is 6.42 Å². The number of carbonyl (C=O) groups is 1. The Hall–Kier alpha value is -0.440. The summed E-state index contributed by atoms with van der Waals surface area (Å²) in [4.78, 5) is 10.4. The predicted molar refractivity (Wildman–Crippen MR) is 25.1 cm³/mol. The summed E-state index contributed by atoms with van der Waals surface area (Å²) >= 11 is 0. The Morgan fingerprint density at radius 3 is 2.88 bits per heavy atom. The summed E-state index contributed by atoms with van der Waals surface area (Å²) in [6.45, 7) is 0.250. The zero-order valence-electron chi connectivity index (χ0n) is 4.39. The van der Waals surface area contributed by atoms with Gasteiger partial charge in [-0.1, -0.05) is 0 Å². The van der Waals surface area contributed by atoms with Crippen LogP contribution in [0, 0.1) is 0 Å². The van der Waals surface area contributed by atoms with Gasteiger partial charge >= 0.3 is 0 Å². The number of ether oxygens (including phenoxy) is 1. The number of halogens is 1. The van der Waals surface area contributed by atoms with Gasteiger partial charge in [0.15, 0.2) is 0 Å².